The molecule has 7 nitrogen and oxygen atoms in total. The van der Waals surface area contributed by atoms with Crippen LogP contribution in [0.2, 0.25) is 0 Å². The first-order valence-electron chi connectivity index (χ1n) is 11.5. The van der Waals surface area contributed by atoms with E-state index in [9.17, 15) is 9.59 Å². The SMILES string of the molecule is Cc1cccc(C)c1NC(=O)CN1CCN(C(=O)CSc2ncc(-c3ccccc3)n2C)CC1. The molecule has 2 amide bonds. The number of anilines is 1. The number of nitrogens with one attached hydrogen (secondary N) is 1. The number of hydrogen-bond donors (Lipinski definition) is 1. The molecule has 0 spiro atoms. The van der Waals surface area contributed by atoms with Crippen molar-refractivity contribution < 1.29 is 9.59 Å². The van der Waals surface area contributed by atoms with E-state index in [1.807, 2.05) is 73.0 Å². The maximum absolute atomic E-state index is 12.8. The molecular formula is C26H31N5O2S. The van der Waals surface area contributed by atoms with Gasteiger partial charge in [-0.2, -0.15) is 0 Å². The van der Waals surface area contributed by atoms with Gasteiger partial charge < -0.3 is 14.8 Å². The molecule has 0 aliphatic carbocycles. The molecule has 1 aromatic heterocycles. The second-order valence-electron chi connectivity index (χ2n) is 8.61. The highest BCUT2D eigenvalue weighted by Crippen LogP contribution is 2.25. The molecule has 2 heterocycles. The summed E-state index contributed by atoms with van der Waals surface area (Å²) < 4.78 is 2.03. The van der Waals surface area contributed by atoms with Gasteiger partial charge in [-0.05, 0) is 30.5 Å². The number of benzene rings is 2. The maximum Gasteiger partial charge on any atom is 0.238 e. The number of aryl methyl sites for hydroxylation is 2. The van der Waals surface area contributed by atoms with Crippen molar-refractivity contribution in [1.82, 2.24) is 19.4 Å². The number of carbonyl (C=O) groups excluding carboxylic acids is 2. The van der Waals surface area contributed by atoms with Gasteiger partial charge in [0.05, 0.1) is 24.2 Å². The summed E-state index contributed by atoms with van der Waals surface area (Å²) in [5, 5.41) is 3.87. The number of nitrogens with zero attached hydrogens (tertiary/aromatic N) is 4. The Bertz CT molecular complexity index is 1130. The summed E-state index contributed by atoms with van der Waals surface area (Å²) in [5.74, 6) is 0.442. The van der Waals surface area contributed by atoms with Crippen molar-refractivity contribution in [1.29, 1.82) is 0 Å². The Morgan fingerprint density at radius 1 is 0.971 bits per heavy atom. The Morgan fingerprint density at radius 3 is 2.32 bits per heavy atom. The zero-order chi connectivity index (χ0) is 24.1. The van der Waals surface area contributed by atoms with Gasteiger partial charge in [0.15, 0.2) is 5.16 Å². The van der Waals surface area contributed by atoms with Gasteiger partial charge in [-0.15, -0.1) is 0 Å². The Kier molecular flexibility index (Phi) is 7.70. The van der Waals surface area contributed by atoms with E-state index in [4.69, 9.17) is 0 Å². The Morgan fingerprint density at radius 2 is 1.65 bits per heavy atom. The highest BCUT2D eigenvalue weighted by atomic mass is 32.2. The number of thioether (sulfide) groups is 1. The minimum atomic E-state index is -0.0169. The third-order valence-corrected chi connectivity index (χ3v) is 7.21. The monoisotopic (exact) mass is 477 g/mol. The number of hydrogen-bond acceptors (Lipinski definition) is 5. The van der Waals surface area contributed by atoms with Gasteiger partial charge in [0.2, 0.25) is 11.8 Å². The van der Waals surface area contributed by atoms with Gasteiger partial charge in [0.1, 0.15) is 0 Å². The molecular weight excluding hydrogens is 446 g/mol. The van der Waals surface area contributed by atoms with Crippen LogP contribution in [-0.4, -0.2) is 69.6 Å². The van der Waals surface area contributed by atoms with Gasteiger partial charge in [0.25, 0.3) is 0 Å². The van der Waals surface area contributed by atoms with Crippen LogP contribution < -0.4 is 5.32 Å². The first-order valence-corrected chi connectivity index (χ1v) is 12.5. The average molecular weight is 478 g/mol. The Hall–Kier alpha value is -3.10. The van der Waals surface area contributed by atoms with Crippen molar-refractivity contribution in [2.24, 2.45) is 7.05 Å². The second kappa shape index (κ2) is 10.9. The van der Waals surface area contributed by atoms with Crippen LogP contribution in [0.1, 0.15) is 11.1 Å². The molecule has 1 saturated heterocycles. The Balaban J connectivity index is 1.23. The van der Waals surface area contributed by atoms with Gasteiger partial charge in [-0.3, -0.25) is 14.5 Å². The summed E-state index contributed by atoms with van der Waals surface area (Å²) in [7, 11) is 1.98. The van der Waals surface area contributed by atoms with Crippen LogP contribution in [0, 0.1) is 13.8 Å². The molecule has 2 aromatic carbocycles. The summed E-state index contributed by atoms with van der Waals surface area (Å²) in [6, 6.07) is 16.1. The largest absolute Gasteiger partial charge is 0.339 e. The van der Waals surface area contributed by atoms with Crippen LogP contribution in [0.4, 0.5) is 5.69 Å². The molecule has 0 bridgehead atoms. The zero-order valence-corrected chi connectivity index (χ0v) is 20.8. The van der Waals surface area contributed by atoms with E-state index >= 15 is 0 Å². The van der Waals surface area contributed by atoms with E-state index in [1.165, 1.54) is 11.8 Å². The van der Waals surface area contributed by atoms with Crippen LogP contribution in [0.3, 0.4) is 0 Å². The third kappa shape index (κ3) is 5.69. The molecule has 0 saturated carbocycles. The number of amides is 2. The molecule has 3 aromatic rings. The summed E-state index contributed by atoms with van der Waals surface area (Å²) in [6.45, 7) is 6.98. The third-order valence-electron chi connectivity index (χ3n) is 6.18. The molecule has 8 heteroatoms. The standard InChI is InChI=1S/C26H31N5O2S/c1-19-8-7-9-20(2)25(19)28-23(32)17-30-12-14-31(15-13-30)24(33)18-34-26-27-16-22(29(26)3)21-10-5-4-6-11-21/h4-11,16H,12-15,17-18H2,1-3H3,(H,28,32). The van der Waals surface area contributed by atoms with E-state index in [2.05, 4.69) is 27.3 Å². The molecule has 0 radical (unpaired) electrons. The number of para-hydroxylation sites is 1. The number of carbonyl (C=O) groups is 2. The van der Waals surface area contributed by atoms with Crippen LogP contribution in [0.5, 0.6) is 0 Å². The molecule has 4 rings (SSSR count). The van der Waals surface area contributed by atoms with Gasteiger partial charge in [-0.25, -0.2) is 4.98 Å². The van der Waals surface area contributed by atoms with Crippen molar-refractivity contribution >= 4 is 29.3 Å². The van der Waals surface area contributed by atoms with Gasteiger partial charge in [-0.1, -0.05) is 60.3 Å². The quantitative estimate of drug-likeness (QED) is 0.527. The summed E-state index contributed by atoms with van der Waals surface area (Å²) in [5.41, 5.74) is 5.15. The van der Waals surface area contributed by atoms with E-state index in [0.717, 1.165) is 33.2 Å². The topological polar surface area (TPSA) is 70.5 Å². The lowest BCUT2D eigenvalue weighted by Gasteiger charge is -2.34. The average Bonchev–Trinajstić information content (AvgIpc) is 3.21. The molecule has 1 fully saturated rings. The van der Waals surface area contributed by atoms with E-state index in [0.29, 0.717) is 38.5 Å². The van der Waals surface area contributed by atoms with Crippen molar-refractivity contribution in [2.75, 3.05) is 43.8 Å². The highest BCUT2D eigenvalue weighted by Gasteiger charge is 2.23. The highest BCUT2D eigenvalue weighted by molar-refractivity contribution is 7.99. The predicted molar refractivity (Wildman–Crippen MR) is 137 cm³/mol. The summed E-state index contributed by atoms with van der Waals surface area (Å²) in [6.07, 6.45) is 1.85. The molecule has 34 heavy (non-hydrogen) atoms. The number of aromatic nitrogens is 2. The fourth-order valence-electron chi connectivity index (χ4n) is 4.17. The van der Waals surface area contributed by atoms with Gasteiger partial charge >= 0.3 is 0 Å². The van der Waals surface area contributed by atoms with Crippen LogP contribution in [-0.2, 0) is 16.6 Å². The fraction of sp³-hybridized carbons (Fsp3) is 0.346. The molecule has 178 valence electrons. The molecule has 1 N–H and O–H groups in total. The Labute approximate surface area is 205 Å². The first kappa shape index (κ1) is 24.0. The normalized spacial score (nSPS) is 14.3. The van der Waals surface area contributed by atoms with Crippen molar-refractivity contribution in [3.8, 4) is 11.3 Å². The van der Waals surface area contributed by atoms with Crippen LogP contribution in [0.15, 0.2) is 59.9 Å². The fourth-order valence-corrected chi connectivity index (χ4v) is 5.02. The van der Waals surface area contributed by atoms with Gasteiger partial charge in [0, 0.05) is 38.9 Å². The molecule has 0 atom stereocenters. The number of rotatable bonds is 7. The molecule has 1 aliphatic rings. The van der Waals surface area contributed by atoms with Crippen LogP contribution >= 0.6 is 11.8 Å². The lowest BCUT2D eigenvalue weighted by Crippen LogP contribution is -2.51. The summed E-state index contributed by atoms with van der Waals surface area (Å²) >= 11 is 1.46. The number of piperazine rings is 1. The number of imidazole rings is 1. The second-order valence-corrected chi connectivity index (χ2v) is 9.55. The zero-order valence-electron chi connectivity index (χ0n) is 20.0. The lowest BCUT2D eigenvalue weighted by atomic mass is 10.1. The maximum atomic E-state index is 12.8. The summed E-state index contributed by atoms with van der Waals surface area (Å²) in [4.78, 5) is 33.8. The van der Waals surface area contributed by atoms with E-state index in [-0.39, 0.29) is 11.8 Å². The van der Waals surface area contributed by atoms with Crippen LogP contribution in [0.25, 0.3) is 11.3 Å². The van der Waals surface area contributed by atoms with Crippen molar-refractivity contribution in [2.45, 2.75) is 19.0 Å². The van der Waals surface area contributed by atoms with Crippen molar-refractivity contribution in [3.05, 3.63) is 65.9 Å². The van der Waals surface area contributed by atoms with Crippen molar-refractivity contribution in [3.63, 3.8) is 0 Å². The lowest BCUT2D eigenvalue weighted by molar-refractivity contribution is -0.130. The molecule has 1 aliphatic heterocycles. The minimum absolute atomic E-state index is 0.0169. The van der Waals surface area contributed by atoms with E-state index in [1.54, 1.807) is 0 Å². The first-order chi connectivity index (χ1) is 16.4. The minimum Gasteiger partial charge on any atom is -0.339 e. The predicted octanol–water partition coefficient (Wildman–Crippen LogP) is 3.58. The smallest absolute Gasteiger partial charge is 0.238 e. The molecule has 0 unspecified atom stereocenters. The van der Waals surface area contributed by atoms with E-state index < -0.39 is 0 Å².